The van der Waals surface area contributed by atoms with Crippen LogP contribution in [0.3, 0.4) is 0 Å². The molecule has 0 atom stereocenters. The van der Waals surface area contributed by atoms with Crippen molar-refractivity contribution in [1.29, 1.82) is 5.26 Å². The van der Waals surface area contributed by atoms with Gasteiger partial charge in [-0.2, -0.15) is 5.26 Å². The first-order valence-electron chi connectivity index (χ1n) is 6.25. The van der Waals surface area contributed by atoms with Crippen molar-refractivity contribution in [2.45, 2.75) is 13.3 Å². The Balaban J connectivity index is 2.34. The molecule has 2 aromatic rings. The van der Waals surface area contributed by atoms with Crippen molar-refractivity contribution in [2.75, 3.05) is 5.32 Å². The number of hydrogen-bond acceptors (Lipinski definition) is 2. The third-order valence-electron chi connectivity index (χ3n) is 3.02. The normalized spacial score (nSPS) is 9.85. The van der Waals surface area contributed by atoms with Crippen molar-refractivity contribution in [2.24, 2.45) is 0 Å². The monoisotopic (exact) mass is 268 g/mol. The molecule has 0 heterocycles. The highest BCUT2D eigenvalue weighted by atomic mass is 19.1. The van der Waals surface area contributed by atoms with Gasteiger partial charge in [0.05, 0.1) is 5.69 Å². The van der Waals surface area contributed by atoms with Crippen LogP contribution in [0.5, 0.6) is 0 Å². The SMILES string of the molecule is CCc1ccccc1C(=O)Nc1cccc(F)c1C#N. The molecule has 0 bridgehead atoms. The number of hydrogen-bond donors (Lipinski definition) is 1. The molecule has 20 heavy (non-hydrogen) atoms. The number of nitrogens with zero attached hydrogens (tertiary/aromatic N) is 1. The summed E-state index contributed by atoms with van der Waals surface area (Å²) in [5.74, 6) is -0.987. The van der Waals surface area contributed by atoms with Crippen LogP contribution in [0.1, 0.15) is 28.4 Å². The van der Waals surface area contributed by atoms with E-state index in [1.807, 2.05) is 19.1 Å². The van der Waals surface area contributed by atoms with E-state index >= 15 is 0 Å². The number of nitrogens with one attached hydrogen (secondary N) is 1. The van der Waals surface area contributed by atoms with Gasteiger partial charge in [-0.05, 0) is 30.2 Å². The maximum atomic E-state index is 13.5. The number of amides is 1. The van der Waals surface area contributed by atoms with Gasteiger partial charge < -0.3 is 5.32 Å². The summed E-state index contributed by atoms with van der Waals surface area (Å²) in [7, 11) is 0. The molecule has 0 spiro atoms. The van der Waals surface area contributed by atoms with Crippen LogP contribution in [0, 0.1) is 17.1 Å². The van der Waals surface area contributed by atoms with E-state index < -0.39 is 5.82 Å². The number of halogens is 1. The largest absolute Gasteiger partial charge is 0.321 e. The van der Waals surface area contributed by atoms with Crippen LogP contribution in [0.15, 0.2) is 42.5 Å². The lowest BCUT2D eigenvalue weighted by Gasteiger charge is -2.10. The Morgan fingerprint density at radius 3 is 2.70 bits per heavy atom. The average Bonchev–Trinajstić information content (AvgIpc) is 2.47. The molecule has 0 aliphatic rings. The van der Waals surface area contributed by atoms with Gasteiger partial charge in [-0.3, -0.25) is 4.79 Å². The zero-order chi connectivity index (χ0) is 14.5. The summed E-state index contributed by atoms with van der Waals surface area (Å²) in [6.07, 6.45) is 0.720. The van der Waals surface area contributed by atoms with E-state index in [-0.39, 0.29) is 17.2 Å². The summed E-state index contributed by atoms with van der Waals surface area (Å²) in [6, 6.07) is 13.1. The summed E-state index contributed by atoms with van der Waals surface area (Å²) in [4.78, 5) is 12.2. The van der Waals surface area contributed by atoms with Crippen molar-refractivity contribution in [3.05, 3.63) is 65.0 Å². The van der Waals surface area contributed by atoms with Crippen LogP contribution in [0.25, 0.3) is 0 Å². The molecule has 0 radical (unpaired) electrons. The van der Waals surface area contributed by atoms with Gasteiger partial charge in [0.25, 0.3) is 5.91 Å². The minimum atomic E-state index is -0.644. The molecule has 100 valence electrons. The minimum absolute atomic E-state index is 0.158. The highest BCUT2D eigenvalue weighted by molar-refractivity contribution is 6.05. The summed E-state index contributed by atoms with van der Waals surface area (Å²) < 4.78 is 13.5. The second-order valence-electron chi connectivity index (χ2n) is 4.24. The van der Waals surface area contributed by atoms with Gasteiger partial charge in [0.1, 0.15) is 17.4 Å². The number of carbonyl (C=O) groups is 1. The van der Waals surface area contributed by atoms with E-state index in [1.165, 1.54) is 18.2 Å². The minimum Gasteiger partial charge on any atom is -0.321 e. The Labute approximate surface area is 116 Å². The second kappa shape index (κ2) is 5.98. The predicted molar refractivity (Wildman–Crippen MR) is 74.9 cm³/mol. The molecular weight excluding hydrogens is 255 g/mol. The third kappa shape index (κ3) is 2.67. The topological polar surface area (TPSA) is 52.9 Å². The molecule has 4 heteroatoms. The first kappa shape index (κ1) is 13.8. The first-order chi connectivity index (χ1) is 9.67. The van der Waals surface area contributed by atoms with Gasteiger partial charge in [0.2, 0.25) is 0 Å². The lowest BCUT2D eigenvalue weighted by molar-refractivity contribution is 0.102. The van der Waals surface area contributed by atoms with Crippen molar-refractivity contribution >= 4 is 11.6 Å². The standard InChI is InChI=1S/C16H13FN2O/c1-2-11-6-3-4-7-12(11)16(20)19-15-9-5-8-14(17)13(15)10-18/h3-9H,2H2,1H3,(H,19,20). The maximum Gasteiger partial charge on any atom is 0.255 e. The fourth-order valence-electron chi connectivity index (χ4n) is 1.98. The Hall–Kier alpha value is -2.67. The maximum absolute atomic E-state index is 13.5. The van der Waals surface area contributed by atoms with Crippen molar-refractivity contribution < 1.29 is 9.18 Å². The molecule has 2 rings (SSSR count). The average molecular weight is 268 g/mol. The number of anilines is 1. The van der Waals surface area contributed by atoms with Crippen LogP contribution < -0.4 is 5.32 Å². The molecule has 0 aliphatic carbocycles. The lowest BCUT2D eigenvalue weighted by Crippen LogP contribution is -2.15. The fourth-order valence-corrected chi connectivity index (χ4v) is 1.98. The van der Waals surface area contributed by atoms with Crippen LogP contribution >= 0.6 is 0 Å². The molecule has 2 aromatic carbocycles. The summed E-state index contributed by atoms with van der Waals surface area (Å²) in [6.45, 7) is 1.95. The van der Waals surface area contributed by atoms with E-state index in [0.717, 1.165) is 12.0 Å². The van der Waals surface area contributed by atoms with E-state index in [2.05, 4.69) is 5.32 Å². The lowest BCUT2D eigenvalue weighted by atomic mass is 10.0. The van der Waals surface area contributed by atoms with E-state index in [1.54, 1.807) is 18.2 Å². The van der Waals surface area contributed by atoms with Gasteiger partial charge in [0.15, 0.2) is 0 Å². The summed E-state index contributed by atoms with van der Waals surface area (Å²) >= 11 is 0. The van der Waals surface area contributed by atoms with Gasteiger partial charge in [-0.15, -0.1) is 0 Å². The Morgan fingerprint density at radius 1 is 1.25 bits per heavy atom. The zero-order valence-corrected chi connectivity index (χ0v) is 11.0. The molecule has 0 aliphatic heterocycles. The van der Waals surface area contributed by atoms with E-state index in [9.17, 15) is 9.18 Å². The summed E-state index contributed by atoms with van der Waals surface area (Å²) in [5.41, 5.74) is 1.46. The Morgan fingerprint density at radius 2 is 2.00 bits per heavy atom. The van der Waals surface area contributed by atoms with Crippen LogP contribution in [-0.4, -0.2) is 5.91 Å². The van der Waals surface area contributed by atoms with Gasteiger partial charge >= 0.3 is 0 Å². The van der Waals surface area contributed by atoms with Gasteiger partial charge in [0, 0.05) is 5.56 Å². The van der Waals surface area contributed by atoms with E-state index in [4.69, 9.17) is 5.26 Å². The predicted octanol–water partition coefficient (Wildman–Crippen LogP) is 3.51. The highest BCUT2D eigenvalue weighted by Gasteiger charge is 2.13. The molecule has 0 saturated heterocycles. The molecule has 1 N–H and O–H groups in total. The number of rotatable bonds is 3. The van der Waals surface area contributed by atoms with Crippen LogP contribution in [0.2, 0.25) is 0 Å². The van der Waals surface area contributed by atoms with Crippen LogP contribution in [0.4, 0.5) is 10.1 Å². The number of carbonyl (C=O) groups excluding carboxylic acids is 1. The molecule has 0 fully saturated rings. The molecule has 0 unspecified atom stereocenters. The molecule has 3 nitrogen and oxygen atoms in total. The Bertz CT molecular complexity index is 689. The third-order valence-corrected chi connectivity index (χ3v) is 3.02. The Kier molecular flexibility index (Phi) is 4.11. The quantitative estimate of drug-likeness (QED) is 0.926. The fraction of sp³-hybridized carbons (Fsp3) is 0.125. The van der Waals surface area contributed by atoms with Crippen LogP contribution in [-0.2, 0) is 6.42 Å². The zero-order valence-electron chi connectivity index (χ0n) is 11.0. The smallest absolute Gasteiger partial charge is 0.255 e. The van der Waals surface area contributed by atoms with Gasteiger partial charge in [-0.25, -0.2) is 4.39 Å². The highest BCUT2D eigenvalue weighted by Crippen LogP contribution is 2.19. The van der Waals surface area contributed by atoms with E-state index in [0.29, 0.717) is 5.56 Å². The van der Waals surface area contributed by atoms with Crippen molar-refractivity contribution in [1.82, 2.24) is 0 Å². The molecule has 0 aromatic heterocycles. The first-order valence-corrected chi connectivity index (χ1v) is 6.25. The van der Waals surface area contributed by atoms with Crippen molar-refractivity contribution in [3.8, 4) is 6.07 Å². The molecule has 1 amide bonds. The number of benzene rings is 2. The second-order valence-corrected chi connectivity index (χ2v) is 4.24. The molecule has 0 saturated carbocycles. The molecular formula is C16H13FN2O. The van der Waals surface area contributed by atoms with Crippen molar-refractivity contribution in [3.63, 3.8) is 0 Å². The number of aryl methyl sites for hydroxylation is 1. The summed E-state index contributed by atoms with van der Waals surface area (Å²) in [5, 5.41) is 11.5. The number of nitriles is 1. The van der Waals surface area contributed by atoms with Gasteiger partial charge in [-0.1, -0.05) is 31.2 Å².